The molecule has 0 heterocycles. The van der Waals surface area contributed by atoms with Crippen LogP contribution >= 0.6 is 0 Å². The number of ether oxygens (including phenoxy) is 1. The van der Waals surface area contributed by atoms with E-state index < -0.39 is 23.5 Å². The van der Waals surface area contributed by atoms with E-state index in [9.17, 15) is 14.0 Å². The van der Waals surface area contributed by atoms with Gasteiger partial charge in [0.25, 0.3) is 0 Å². The van der Waals surface area contributed by atoms with Gasteiger partial charge in [0.1, 0.15) is 11.4 Å². The lowest BCUT2D eigenvalue weighted by Crippen LogP contribution is -2.23. The number of halogens is 1. The van der Waals surface area contributed by atoms with Crippen LogP contribution in [0.25, 0.3) is 5.70 Å². The van der Waals surface area contributed by atoms with Gasteiger partial charge < -0.3 is 10.5 Å². The summed E-state index contributed by atoms with van der Waals surface area (Å²) < 4.78 is 18.2. The summed E-state index contributed by atoms with van der Waals surface area (Å²) in [6.45, 7) is 3.25. The Balaban J connectivity index is 3.45. The molecule has 1 rings (SSSR count). The normalized spacial score (nSPS) is 12.1. The molecule has 0 aromatic heterocycles. The summed E-state index contributed by atoms with van der Waals surface area (Å²) in [5.41, 5.74) is 5.26. The Morgan fingerprint density at radius 3 is 2.32 bits per heavy atom. The maximum Gasteiger partial charge on any atom is 0.343 e. The number of methoxy groups -OCH3 is 1. The van der Waals surface area contributed by atoms with Crippen molar-refractivity contribution in [3.63, 3.8) is 0 Å². The minimum atomic E-state index is -0.862. The summed E-state index contributed by atoms with van der Waals surface area (Å²) in [5, 5.41) is 0. The Labute approximate surface area is 111 Å². The first-order valence-electron chi connectivity index (χ1n) is 5.77. The molecule has 0 atom stereocenters. The topological polar surface area (TPSA) is 69.4 Å². The summed E-state index contributed by atoms with van der Waals surface area (Å²) in [6, 6.07) is 5.67. The highest BCUT2D eigenvalue weighted by Gasteiger charge is 2.26. The van der Waals surface area contributed by atoms with Gasteiger partial charge in [0.05, 0.1) is 12.8 Å². The van der Waals surface area contributed by atoms with E-state index in [1.54, 1.807) is 19.9 Å². The maximum atomic E-state index is 13.7. The van der Waals surface area contributed by atoms with E-state index in [0.29, 0.717) is 0 Å². The second-order valence-electron chi connectivity index (χ2n) is 4.28. The second kappa shape index (κ2) is 6.13. The van der Waals surface area contributed by atoms with Crippen molar-refractivity contribution in [2.45, 2.75) is 13.8 Å². The van der Waals surface area contributed by atoms with Gasteiger partial charge >= 0.3 is 5.97 Å². The number of hydrogen-bond donors (Lipinski definition) is 1. The highest BCUT2D eigenvalue weighted by molar-refractivity contribution is 6.22. The molecule has 0 amide bonds. The van der Waals surface area contributed by atoms with Crippen LogP contribution in [0, 0.1) is 11.7 Å². The van der Waals surface area contributed by atoms with Gasteiger partial charge in [-0.05, 0) is 12.1 Å². The number of ketones is 1. The monoisotopic (exact) mass is 265 g/mol. The molecule has 0 saturated carbocycles. The fraction of sp³-hybridized carbons (Fsp3) is 0.286. The number of carbonyl (C=O) groups excluding carboxylic acids is 2. The Kier molecular flexibility index (Phi) is 4.80. The molecule has 102 valence electrons. The van der Waals surface area contributed by atoms with Crippen LogP contribution in [-0.2, 0) is 14.3 Å². The highest BCUT2D eigenvalue weighted by atomic mass is 19.1. The van der Waals surface area contributed by atoms with Crippen LogP contribution in [0.1, 0.15) is 19.4 Å². The van der Waals surface area contributed by atoms with Gasteiger partial charge in [0.2, 0.25) is 0 Å². The molecule has 0 aliphatic rings. The van der Waals surface area contributed by atoms with Crippen LogP contribution in [0.15, 0.2) is 29.8 Å². The number of hydrogen-bond acceptors (Lipinski definition) is 4. The average molecular weight is 265 g/mol. The van der Waals surface area contributed by atoms with Crippen molar-refractivity contribution in [3.8, 4) is 0 Å². The van der Waals surface area contributed by atoms with E-state index in [0.717, 1.165) is 7.11 Å². The van der Waals surface area contributed by atoms with Crippen LogP contribution in [0.2, 0.25) is 0 Å². The zero-order chi connectivity index (χ0) is 14.6. The van der Waals surface area contributed by atoms with Crippen molar-refractivity contribution < 1.29 is 18.7 Å². The zero-order valence-electron chi connectivity index (χ0n) is 11.1. The molecular formula is C14H16FNO3. The molecule has 0 unspecified atom stereocenters. The lowest BCUT2D eigenvalue weighted by Gasteiger charge is -2.12. The Hall–Kier alpha value is -2.17. The Bertz CT molecular complexity index is 535. The molecule has 0 aliphatic carbocycles. The molecule has 5 heteroatoms. The van der Waals surface area contributed by atoms with Crippen molar-refractivity contribution in [2.24, 2.45) is 11.7 Å². The number of nitrogens with two attached hydrogens (primary N) is 1. The van der Waals surface area contributed by atoms with Crippen molar-refractivity contribution in [3.05, 3.63) is 41.2 Å². The number of carbonyl (C=O) groups is 2. The maximum absolute atomic E-state index is 13.7. The molecule has 2 N–H and O–H groups in total. The third-order valence-electron chi connectivity index (χ3n) is 2.59. The fourth-order valence-corrected chi connectivity index (χ4v) is 1.55. The highest BCUT2D eigenvalue weighted by Crippen LogP contribution is 2.20. The zero-order valence-corrected chi connectivity index (χ0v) is 11.1. The first-order chi connectivity index (χ1) is 8.90. The van der Waals surface area contributed by atoms with Crippen molar-refractivity contribution in [2.75, 3.05) is 7.11 Å². The van der Waals surface area contributed by atoms with E-state index in [1.807, 2.05) is 0 Å². The molecular weight excluding hydrogens is 249 g/mol. The van der Waals surface area contributed by atoms with Crippen LogP contribution in [-0.4, -0.2) is 18.9 Å². The summed E-state index contributed by atoms with van der Waals surface area (Å²) in [4.78, 5) is 23.7. The van der Waals surface area contributed by atoms with Gasteiger partial charge in [-0.25, -0.2) is 9.18 Å². The third kappa shape index (κ3) is 3.19. The SMILES string of the molecule is COC(=O)C(C(=O)C(C)C)=C(N)c1ccccc1F. The van der Waals surface area contributed by atoms with Crippen LogP contribution in [0.5, 0.6) is 0 Å². The van der Waals surface area contributed by atoms with Crippen LogP contribution in [0.3, 0.4) is 0 Å². The van der Waals surface area contributed by atoms with Gasteiger partial charge in [-0.1, -0.05) is 26.0 Å². The quantitative estimate of drug-likeness (QED) is 0.390. The second-order valence-corrected chi connectivity index (χ2v) is 4.28. The summed E-state index contributed by atoms with van der Waals surface area (Å²) >= 11 is 0. The molecule has 0 bridgehead atoms. The largest absolute Gasteiger partial charge is 0.465 e. The summed E-state index contributed by atoms with van der Waals surface area (Å²) in [7, 11) is 1.14. The van der Waals surface area contributed by atoms with Gasteiger partial charge in [-0.3, -0.25) is 4.79 Å². The molecule has 1 aromatic carbocycles. The molecule has 0 radical (unpaired) electrons. The predicted octanol–water partition coefficient (Wildman–Crippen LogP) is 1.89. The van der Waals surface area contributed by atoms with Crippen LogP contribution < -0.4 is 5.73 Å². The van der Waals surface area contributed by atoms with Crippen molar-refractivity contribution in [1.29, 1.82) is 0 Å². The summed E-state index contributed by atoms with van der Waals surface area (Å²) in [6.07, 6.45) is 0. The first-order valence-corrected chi connectivity index (χ1v) is 5.77. The molecule has 0 fully saturated rings. The first kappa shape index (κ1) is 14.9. The minimum absolute atomic E-state index is 0.0110. The molecule has 0 saturated heterocycles. The van der Waals surface area contributed by atoms with Crippen LogP contribution in [0.4, 0.5) is 4.39 Å². The van der Waals surface area contributed by atoms with E-state index in [-0.39, 0.29) is 16.8 Å². The van der Waals surface area contributed by atoms with Gasteiger partial charge in [0, 0.05) is 11.5 Å². The number of Topliss-reactive ketones (excluding diaryl/α,β-unsaturated/α-hetero) is 1. The Morgan fingerprint density at radius 2 is 1.84 bits per heavy atom. The van der Waals surface area contributed by atoms with E-state index in [2.05, 4.69) is 4.74 Å². The predicted molar refractivity (Wildman–Crippen MR) is 69.4 cm³/mol. The van der Waals surface area contributed by atoms with Gasteiger partial charge in [-0.2, -0.15) is 0 Å². The standard InChI is InChI=1S/C14H16FNO3/c1-8(2)13(17)11(14(18)19-3)12(16)9-6-4-5-7-10(9)15/h4-8H,16H2,1-3H3. The molecule has 1 aromatic rings. The minimum Gasteiger partial charge on any atom is -0.465 e. The molecule has 0 spiro atoms. The third-order valence-corrected chi connectivity index (χ3v) is 2.59. The number of benzene rings is 1. The Morgan fingerprint density at radius 1 is 1.26 bits per heavy atom. The van der Waals surface area contributed by atoms with E-state index in [4.69, 9.17) is 5.73 Å². The van der Waals surface area contributed by atoms with Gasteiger partial charge in [-0.15, -0.1) is 0 Å². The molecule has 4 nitrogen and oxygen atoms in total. The average Bonchev–Trinajstić information content (AvgIpc) is 2.38. The lowest BCUT2D eigenvalue weighted by molar-refractivity contribution is -0.138. The number of rotatable bonds is 4. The summed E-state index contributed by atoms with van der Waals surface area (Å²) in [5.74, 6) is -2.38. The number of esters is 1. The van der Waals surface area contributed by atoms with Crippen molar-refractivity contribution >= 4 is 17.4 Å². The molecule has 19 heavy (non-hydrogen) atoms. The van der Waals surface area contributed by atoms with E-state index in [1.165, 1.54) is 18.2 Å². The van der Waals surface area contributed by atoms with Crippen molar-refractivity contribution in [1.82, 2.24) is 0 Å². The van der Waals surface area contributed by atoms with E-state index >= 15 is 0 Å². The molecule has 0 aliphatic heterocycles. The fourth-order valence-electron chi connectivity index (χ4n) is 1.55. The lowest BCUT2D eigenvalue weighted by atomic mass is 9.96. The smallest absolute Gasteiger partial charge is 0.343 e. The van der Waals surface area contributed by atoms with Gasteiger partial charge in [0.15, 0.2) is 5.78 Å².